The Morgan fingerprint density at radius 2 is 0.885 bits per heavy atom. The van der Waals surface area contributed by atoms with Crippen LogP contribution >= 0.6 is 0 Å². The molecule has 0 spiro atoms. The molecule has 0 aromatic heterocycles. The molecule has 0 radical (unpaired) electrons. The fourth-order valence-electron chi connectivity index (χ4n) is 2.86. The highest BCUT2D eigenvalue weighted by Gasteiger charge is 2.33. The Hall–Kier alpha value is -2.25. The summed E-state index contributed by atoms with van der Waals surface area (Å²) < 4.78 is 12.5. The molecule has 134 valence electrons. The van der Waals surface area contributed by atoms with E-state index in [2.05, 4.69) is 50.6 Å². The minimum Gasteiger partial charge on any atom is -0.403 e. The zero-order valence-electron chi connectivity index (χ0n) is 15.1. The van der Waals surface area contributed by atoms with Crippen molar-refractivity contribution < 1.29 is 8.85 Å². The highest BCUT2D eigenvalue weighted by molar-refractivity contribution is 6.95. The summed E-state index contributed by atoms with van der Waals surface area (Å²) in [4.78, 5) is 0. The molecule has 0 N–H and O–H groups in total. The van der Waals surface area contributed by atoms with E-state index < -0.39 is 16.6 Å². The molecule has 2 aromatic rings. The highest BCUT2D eigenvalue weighted by Crippen LogP contribution is 2.12. The summed E-state index contributed by atoms with van der Waals surface area (Å²) in [6, 6.07) is 20.3. The van der Waals surface area contributed by atoms with E-state index in [0.29, 0.717) is 13.2 Å². The van der Waals surface area contributed by atoms with Crippen LogP contribution in [0.3, 0.4) is 0 Å². The normalized spacial score (nSPS) is 11.5. The van der Waals surface area contributed by atoms with Gasteiger partial charge in [0, 0.05) is 0 Å². The first-order valence-corrected chi connectivity index (χ1v) is 12.7. The van der Waals surface area contributed by atoms with E-state index in [1.54, 1.807) is 0 Å². The van der Waals surface area contributed by atoms with E-state index in [-0.39, 0.29) is 0 Å². The lowest BCUT2D eigenvalue weighted by Gasteiger charge is -2.28. The molecule has 2 rings (SSSR count). The van der Waals surface area contributed by atoms with Gasteiger partial charge in [0.05, 0.1) is 13.2 Å². The fourth-order valence-corrected chi connectivity index (χ4v) is 7.21. The molecule has 2 aromatic carbocycles. The average molecular weight is 379 g/mol. The Balaban J connectivity index is 2.08. The quantitative estimate of drug-likeness (QED) is 0.439. The van der Waals surface area contributed by atoms with Crippen molar-refractivity contribution in [3.8, 4) is 0 Å². The summed E-state index contributed by atoms with van der Waals surface area (Å²) in [7, 11) is -4.81. The zero-order valence-corrected chi connectivity index (χ0v) is 17.1. The molecule has 0 heterocycles. The largest absolute Gasteiger partial charge is 0.403 e. The van der Waals surface area contributed by atoms with Gasteiger partial charge in [-0.2, -0.15) is 0 Å². The molecule has 0 aliphatic heterocycles. The molecule has 0 aliphatic rings. The van der Waals surface area contributed by atoms with Crippen molar-refractivity contribution in [2.45, 2.75) is 0 Å². The van der Waals surface area contributed by atoms with Crippen molar-refractivity contribution in [2.75, 3.05) is 13.2 Å². The predicted octanol–water partition coefficient (Wildman–Crippen LogP) is 3.63. The van der Waals surface area contributed by atoms with Crippen LogP contribution in [0.1, 0.15) is 0 Å². The van der Waals surface area contributed by atoms with Crippen molar-refractivity contribution in [1.29, 1.82) is 0 Å². The van der Waals surface area contributed by atoms with Gasteiger partial charge < -0.3 is 8.85 Å². The fraction of sp³-hybridized carbons (Fsp3) is 0.0909. The summed E-state index contributed by atoms with van der Waals surface area (Å²) in [5.74, 6) is 0. The number of rotatable bonds is 11. The lowest BCUT2D eigenvalue weighted by atomic mass is 10.4. The first-order chi connectivity index (χ1) is 12.7. The summed E-state index contributed by atoms with van der Waals surface area (Å²) in [5.41, 5.74) is 7.60. The van der Waals surface area contributed by atoms with E-state index in [4.69, 9.17) is 8.85 Å². The summed E-state index contributed by atoms with van der Waals surface area (Å²) in [5, 5.41) is 2.26. The van der Waals surface area contributed by atoms with E-state index in [1.165, 1.54) is 0 Å². The van der Waals surface area contributed by atoms with E-state index in [0.717, 1.165) is 10.4 Å². The molecule has 0 fully saturated rings. The van der Waals surface area contributed by atoms with Crippen molar-refractivity contribution >= 4 is 27.0 Å². The van der Waals surface area contributed by atoms with Crippen LogP contribution in [0.2, 0.25) is 0 Å². The minimum atomic E-state index is -2.40. The van der Waals surface area contributed by atoms with E-state index >= 15 is 0 Å². The predicted molar refractivity (Wildman–Crippen MR) is 116 cm³/mol. The Labute approximate surface area is 159 Å². The molecule has 4 heteroatoms. The molecule has 26 heavy (non-hydrogen) atoms. The second kappa shape index (κ2) is 9.45. The molecule has 0 saturated heterocycles. The van der Waals surface area contributed by atoms with Crippen LogP contribution in [-0.4, -0.2) is 29.8 Å². The van der Waals surface area contributed by atoms with Crippen LogP contribution in [0.5, 0.6) is 0 Å². The lowest BCUT2D eigenvalue weighted by Crippen LogP contribution is -2.50. The van der Waals surface area contributed by atoms with Gasteiger partial charge in [0.25, 0.3) is 16.6 Å². The maximum absolute atomic E-state index is 6.27. The van der Waals surface area contributed by atoms with Gasteiger partial charge in [0.15, 0.2) is 0 Å². The highest BCUT2D eigenvalue weighted by atomic mass is 28.4. The van der Waals surface area contributed by atoms with Gasteiger partial charge in [-0.15, -0.1) is 26.3 Å². The maximum atomic E-state index is 6.27. The Bertz CT molecular complexity index is 660. The van der Waals surface area contributed by atoms with Crippen molar-refractivity contribution in [3.63, 3.8) is 0 Å². The average Bonchev–Trinajstić information content (AvgIpc) is 2.73. The molecular formula is C22H26O2Si2. The van der Waals surface area contributed by atoms with Crippen LogP contribution < -0.4 is 10.4 Å². The number of benzene rings is 2. The van der Waals surface area contributed by atoms with Crippen LogP contribution in [0.15, 0.2) is 110 Å². The SMILES string of the molecule is C=C[Si](C=C)(OCCO[Si](C=C)(C=C)c1ccccc1)c1ccccc1. The molecule has 0 bridgehead atoms. The summed E-state index contributed by atoms with van der Waals surface area (Å²) in [6.45, 7) is 16.9. The summed E-state index contributed by atoms with van der Waals surface area (Å²) >= 11 is 0. The number of hydrogen-bond acceptors (Lipinski definition) is 2. The van der Waals surface area contributed by atoms with Gasteiger partial charge >= 0.3 is 0 Å². The second-order valence-corrected chi connectivity index (χ2v) is 12.4. The molecule has 0 atom stereocenters. The lowest BCUT2D eigenvalue weighted by molar-refractivity contribution is 0.217. The van der Waals surface area contributed by atoms with Gasteiger partial charge in [0.1, 0.15) is 0 Å². The van der Waals surface area contributed by atoms with Crippen LogP contribution in [0, 0.1) is 0 Å². The van der Waals surface area contributed by atoms with Crippen LogP contribution in [0.4, 0.5) is 0 Å². The smallest absolute Gasteiger partial charge is 0.272 e. The Kier molecular flexibility index (Phi) is 7.30. The topological polar surface area (TPSA) is 18.5 Å². The molecule has 0 aliphatic carbocycles. The third kappa shape index (κ3) is 4.29. The summed E-state index contributed by atoms with van der Waals surface area (Å²) in [6.07, 6.45) is 0. The molecule has 2 nitrogen and oxygen atoms in total. The third-order valence-electron chi connectivity index (χ3n) is 4.43. The standard InChI is InChI=1S/C22H26O2Si2/c1-5-25(6-2,21-15-11-9-12-16-21)23-19-20-24-26(7-3,8-4)22-17-13-10-14-18-22/h5-18H,1-4,19-20H2. The maximum Gasteiger partial charge on any atom is 0.272 e. The van der Waals surface area contributed by atoms with Gasteiger partial charge in [0.2, 0.25) is 0 Å². The van der Waals surface area contributed by atoms with E-state index in [1.807, 2.05) is 59.2 Å². The van der Waals surface area contributed by atoms with Crippen LogP contribution in [-0.2, 0) is 8.85 Å². The first kappa shape index (κ1) is 20.1. The monoisotopic (exact) mass is 378 g/mol. The van der Waals surface area contributed by atoms with Crippen molar-refractivity contribution in [1.82, 2.24) is 0 Å². The Morgan fingerprint density at radius 3 is 1.15 bits per heavy atom. The van der Waals surface area contributed by atoms with Gasteiger partial charge in [-0.1, -0.05) is 83.5 Å². The minimum absolute atomic E-state index is 0.461. The number of hydrogen-bond donors (Lipinski definition) is 0. The molecule has 0 saturated carbocycles. The first-order valence-electron chi connectivity index (χ1n) is 8.59. The van der Waals surface area contributed by atoms with Crippen molar-refractivity contribution in [3.05, 3.63) is 110 Å². The van der Waals surface area contributed by atoms with Crippen LogP contribution in [0.25, 0.3) is 0 Å². The molecular weight excluding hydrogens is 352 g/mol. The molecule has 0 unspecified atom stereocenters. The van der Waals surface area contributed by atoms with Gasteiger partial charge in [-0.05, 0) is 10.4 Å². The second-order valence-electron chi connectivity index (χ2n) is 5.83. The Morgan fingerprint density at radius 1 is 0.577 bits per heavy atom. The molecule has 0 amide bonds. The van der Waals surface area contributed by atoms with Gasteiger partial charge in [-0.25, -0.2) is 0 Å². The van der Waals surface area contributed by atoms with Crippen molar-refractivity contribution in [2.24, 2.45) is 0 Å². The van der Waals surface area contributed by atoms with Gasteiger partial charge in [-0.3, -0.25) is 0 Å². The van der Waals surface area contributed by atoms with E-state index in [9.17, 15) is 0 Å². The third-order valence-corrected chi connectivity index (χ3v) is 10.7. The zero-order chi connectivity index (χ0) is 18.9.